The molecule has 0 spiro atoms. The summed E-state index contributed by atoms with van der Waals surface area (Å²) in [6.07, 6.45) is 2.02. The minimum atomic E-state index is -3.43. The van der Waals surface area contributed by atoms with Gasteiger partial charge in [0.05, 0.1) is 4.90 Å². The summed E-state index contributed by atoms with van der Waals surface area (Å²) in [7, 11) is -3.43. The van der Waals surface area contributed by atoms with Gasteiger partial charge in [-0.15, -0.1) is 0 Å². The van der Waals surface area contributed by atoms with Crippen LogP contribution in [0.1, 0.15) is 18.1 Å². The zero-order valence-electron chi connectivity index (χ0n) is 14.9. The third-order valence-corrected chi connectivity index (χ3v) is 7.49. The fraction of sp³-hybridized carbons (Fsp3) is 0.400. The Balaban J connectivity index is 1.49. The van der Waals surface area contributed by atoms with Crippen LogP contribution in [-0.2, 0) is 22.9 Å². The Bertz CT molecular complexity index is 921. The number of anilines is 1. The largest absolute Gasteiger partial charge is 0.369 e. The molecule has 1 aliphatic heterocycles. The molecule has 4 nitrogen and oxygen atoms in total. The predicted molar refractivity (Wildman–Crippen MR) is 105 cm³/mol. The van der Waals surface area contributed by atoms with Gasteiger partial charge in [0, 0.05) is 36.9 Å². The quantitative estimate of drug-likeness (QED) is 0.804. The molecule has 1 unspecified atom stereocenters. The minimum absolute atomic E-state index is 0.432. The highest BCUT2D eigenvalue weighted by Crippen LogP contribution is 2.30. The van der Waals surface area contributed by atoms with E-state index in [0.717, 1.165) is 18.5 Å². The number of fused-ring (bicyclic) bond motifs is 1. The molecule has 2 aromatic carbocycles. The van der Waals surface area contributed by atoms with Gasteiger partial charge in [-0.05, 0) is 60.2 Å². The molecule has 0 radical (unpaired) electrons. The number of hydrogen-bond acceptors (Lipinski definition) is 3. The van der Waals surface area contributed by atoms with Gasteiger partial charge in [0.2, 0.25) is 10.0 Å². The molecule has 2 aromatic rings. The van der Waals surface area contributed by atoms with Crippen LogP contribution in [0.5, 0.6) is 0 Å². The molecule has 2 aliphatic rings. The Labute approximate surface area is 160 Å². The van der Waals surface area contributed by atoms with Crippen LogP contribution in [0.4, 0.5) is 5.69 Å². The maximum absolute atomic E-state index is 13.1. The molecule has 1 saturated heterocycles. The Morgan fingerprint density at radius 1 is 0.962 bits per heavy atom. The topological polar surface area (TPSA) is 40.6 Å². The van der Waals surface area contributed by atoms with E-state index in [0.29, 0.717) is 42.0 Å². The highest BCUT2D eigenvalue weighted by Gasteiger charge is 2.30. The Morgan fingerprint density at radius 2 is 1.69 bits per heavy atom. The molecule has 0 N–H and O–H groups in total. The zero-order chi connectivity index (χ0) is 18.3. The number of hydrogen-bond donors (Lipinski definition) is 0. The molecule has 0 amide bonds. The van der Waals surface area contributed by atoms with E-state index in [1.165, 1.54) is 11.1 Å². The van der Waals surface area contributed by atoms with E-state index >= 15 is 0 Å². The first-order chi connectivity index (χ1) is 12.4. The lowest BCUT2D eigenvalue weighted by atomic mass is 10.1. The molecule has 1 heterocycles. The van der Waals surface area contributed by atoms with Crippen molar-refractivity contribution in [2.24, 2.45) is 5.92 Å². The summed E-state index contributed by atoms with van der Waals surface area (Å²) in [6, 6.07) is 13.4. The van der Waals surface area contributed by atoms with Crippen LogP contribution in [0.15, 0.2) is 47.4 Å². The minimum Gasteiger partial charge on any atom is -0.369 e. The number of nitrogens with zero attached hydrogens (tertiary/aromatic N) is 2. The average molecular weight is 391 g/mol. The third-order valence-electron chi connectivity index (χ3n) is 5.36. The smallest absolute Gasteiger partial charge is 0.243 e. The van der Waals surface area contributed by atoms with Gasteiger partial charge in [0.25, 0.3) is 0 Å². The molecule has 26 heavy (non-hydrogen) atoms. The second-order valence-electron chi connectivity index (χ2n) is 7.31. The Kier molecular flexibility index (Phi) is 4.71. The van der Waals surface area contributed by atoms with Gasteiger partial charge < -0.3 is 4.90 Å². The van der Waals surface area contributed by atoms with Gasteiger partial charge in [0.15, 0.2) is 0 Å². The number of sulfonamides is 1. The lowest BCUT2D eigenvalue weighted by Crippen LogP contribution is -2.48. The van der Waals surface area contributed by atoms with Crippen molar-refractivity contribution in [3.8, 4) is 0 Å². The van der Waals surface area contributed by atoms with E-state index in [-0.39, 0.29) is 0 Å². The van der Waals surface area contributed by atoms with Gasteiger partial charge in [-0.2, -0.15) is 4.31 Å². The predicted octanol–water partition coefficient (Wildman–Crippen LogP) is 3.59. The summed E-state index contributed by atoms with van der Waals surface area (Å²) >= 11 is 6.07. The van der Waals surface area contributed by atoms with E-state index in [2.05, 4.69) is 11.8 Å². The van der Waals surface area contributed by atoms with E-state index < -0.39 is 10.0 Å². The fourth-order valence-electron chi connectivity index (χ4n) is 3.98. The number of halogens is 1. The number of rotatable bonds is 3. The van der Waals surface area contributed by atoms with Crippen molar-refractivity contribution in [1.29, 1.82) is 0 Å². The van der Waals surface area contributed by atoms with Crippen molar-refractivity contribution >= 4 is 27.3 Å². The molecular formula is C20H23ClN2O2S. The van der Waals surface area contributed by atoms with Crippen molar-refractivity contribution in [3.05, 3.63) is 58.6 Å². The maximum Gasteiger partial charge on any atom is 0.243 e. The summed E-state index contributed by atoms with van der Waals surface area (Å²) in [5.41, 5.74) is 3.53. The van der Waals surface area contributed by atoms with Crippen molar-refractivity contribution in [1.82, 2.24) is 4.31 Å². The van der Waals surface area contributed by atoms with Crippen LogP contribution in [-0.4, -0.2) is 38.9 Å². The summed E-state index contributed by atoms with van der Waals surface area (Å²) in [6.45, 7) is 4.52. The summed E-state index contributed by atoms with van der Waals surface area (Å²) < 4.78 is 27.7. The van der Waals surface area contributed by atoms with E-state index in [1.807, 2.05) is 36.4 Å². The molecule has 4 rings (SSSR count). The van der Waals surface area contributed by atoms with Crippen LogP contribution in [0.3, 0.4) is 0 Å². The van der Waals surface area contributed by atoms with Gasteiger partial charge in [-0.25, -0.2) is 8.42 Å². The molecule has 1 atom stereocenters. The second kappa shape index (κ2) is 6.87. The summed E-state index contributed by atoms with van der Waals surface area (Å²) in [5.74, 6) is 0.601. The van der Waals surface area contributed by atoms with Crippen LogP contribution in [0.2, 0.25) is 5.02 Å². The number of benzene rings is 2. The third kappa shape index (κ3) is 3.36. The van der Waals surface area contributed by atoms with Gasteiger partial charge in [-0.1, -0.05) is 30.7 Å². The van der Waals surface area contributed by atoms with Gasteiger partial charge >= 0.3 is 0 Å². The highest BCUT2D eigenvalue weighted by atomic mass is 35.5. The molecule has 1 fully saturated rings. The Hall–Kier alpha value is -1.56. The van der Waals surface area contributed by atoms with Crippen LogP contribution in [0, 0.1) is 5.92 Å². The SMILES string of the molecule is CC1Cc2ccc(S(=O)(=O)N3CCN(c4cccc(Cl)c4)CC3)cc2C1. The zero-order valence-corrected chi connectivity index (χ0v) is 16.4. The molecule has 6 heteroatoms. The second-order valence-corrected chi connectivity index (χ2v) is 9.69. The average Bonchev–Trinajstić information content (AvgIpc) is 3.01. The molecular weight excluding hydrogens is 368 g/mol. The van der Waals surface area contributed by atoms with Crippen molar-refractivity contribution < 1.29 is 8.42 Å². The lowest BCUT2D eigenvalue weighted by molar-refractivity contribution is 0.385. The van der Waals surface area contributed by atoms with Crippen molar-refractivity contribution in [3.63, 3.8) is 0 Å². The van der Waals surface area contributed by atoms with Crippen LogP contribution < -0.4 is 4.90 Å². The fourth-order valence-corrected chi connectivity index (χ4v) is 5.64. The normalized spacial score (nSPS) is 21.0. The first kappa shape index (κ1) is 17.8. The van der Waals surface area contributed by atoms with E-state index in [9.17, 15) is 8.42 Å². The molecule has 1 aliphatic carbocycles. The standard InChI is InChI=1S/C20H23ClN2O2S/c1-15-11-16-5-6-20(13-17(16)12-15)26(24,25)23-9-7-22(8-10-23)19-4-2-3-18(21)14-19/h2-6,13-15H,7-12H2,1H3. The molecule has 0 aromatic heterocycles. The monoisotopic (exact) mass is 390 g/mol. The lowest BCUT2D eigenvalue weighted by Gasteiger charge is -2.35. The van der Waals surface area contributed by atoms with E-state index in [4.69, 9.17) is 11.6 Å². The molecule has 0 bridgehead atoms. The molecule has 0 saturated carbocycles. The number of piperazine rings is 1. The van der Waals surface area contributed by atoms with Gasteiger partial charge in [0.1, 0.15) is 0 Å². The van der Waals surface area contributed by atoms with Crippen LogP contribution in [0.25, 0.3) is 0 Å². The summed E-state index contributed by atoms with van der Waals surface area (Å²) in [4.78, 5) is 2.61. The van der Waals surface area contributed by atoms with Crippen LogP contribution >= 0.6 is 11.6 Å². The maximum atomic E-state index is 13.1. The molecule has 138 valence electrons. The first-order valence-corrected chi connectivity index (χ1v) is 10.9. The summed E-state index contributed by atoms with van der Waals surface area (Å²) in [5, 5.41) is 0.699. The van der Waals surface area contributed by atoms with E-state index in [1.54, 1.807) is 10.4 Å². The van der Waals surface area contributed by atoms with Crippen molar-refractivity contribution in [2.45, 2.75) is 24.7 Å². The van der Waals surface area contributed by atoms with Crippen molar-refractivity contribution in [2.75, 3.05) is 31.1 Å². The highest BCUT2D eigenvalue weighted by molar-refractivity contribution is 7.89. The Morgan fingerprint density at radius 3 is 2.42 bits per heavy atom. The first-order valence-electron chi connectivity index (χ1n) is 9.06. The van der Waals surface area contributed by atoms with Gasteiger partial charge in [-0.3, -0.25) is 0 Å².